The van der Waals surface area contributed by atoms with Crippen molar-refractivity contribution in [2.75, 3.05) is 6.61 Å². The third kappa shape index (κ3) is 14.0. The third-order valence-electron chi connectivity index (χ3n) is 3.78. The summed E-state index contributed by atoms with van der Waals surface area (Å²) in [6.45, 7) is 0.0866. The first-order valence-corrected chi connectivity index (χ1v) is 12.3. The van der Waals surface area contributed by atoms with Crippen LogP contribution in [-0.4, -0.2) is 34.5 Å². The van der Waals surface area contributed by atoms with E-state index in [2.05, 4.69) is 34.5 Å². The van der Waals surface area contributed by atoms with Gasteiger partial charge in [0, 0.05) is 0 Å². The van der Waals surface area contributed by atoms with Gasteiger partial charge in [0.1, 0.15) is 0 Å². The topological polar surface area (TPSA) is 63.6 Å². The van der Waals surface area contributed by atoms with E-state index in [1.165, 1.54) is 54.7 Å². The van der Waals surface area contributed by atoms with Crippen LogP contribution < -0.4 is 4.46 Å². The molecule has 0 aliphatic rings. The number of unbranched alkanes of at least 4 members (excludes halogenated alkanes) is 9. The summed E-state index contributed by atoms with van der Waals surface area (Å²) in [5, 5.41) is 1.35. The Morgan fingerprint density at radius 3 is 1.83 bits per heavy atom. The van der Waals surface area contributed by atoms with Crippen LogP contribution in [0, 0.1) is 0 Å². The van der Waals surface area contributed by atoms with Crippen molar-refractivity contribution in [1.29, 1.82) is 0 Å². The second-order valence-corrected chi connectivity index (χ2v) is 9.49. The normalized spacial score (nSPS) is 11.7. The first-order chi connectivity index (χ1) is 11.6. The number of benzene rings is 1. The van der Waals surface area contributed by atoms with E-state index in [1.54, 1.807) is 0 Å². The Labute approximate surface area is 153 Å². The van der Waals surface area contributed by atoms with E-state index in [-0.39, 0.29) is 6.61 Å². The third-order valence-corrected chi connectivity index (χ3v) is 6.55. The van der Waals surface area contributed by atoms with Crippen LogP contribution in [0.5, 0.6) is 0 Å². The van der Waals surface area contributed by atoms with Gasteiger partial charge in [-0.25, -0.2) is 4.18 Å². The fourth-order valence-electron chi connectivity index (χ4n) is 2.49. The molecule has 0 fully saturated rings. The summed E-state index contributed by atoms with van der Waals surface area (Å²) in [5.41, 5.74) is 0. The van der Waals surface area contributed by atoms with Crippen LogP contribution in [-0.2, 0) is 14.6 Å². The van der Waals surface area contributed by atoms with Crippen molar-refractivity contribution in [2.45, 2.75) is 69.5 Å². The Morgan fingerprint density at radius 2 is 1.29 bits per heavy atom. The van der Waals surface area contributed by atoms with Crippen molar-refractivity contribution >= 4 is 29.8 Å². The quantitative estimate of drug-likeness (QED) is 0.263. The molecule has 0 amide bonds. The molecule has 1 aromatic rings. The van der Waals surface area contributed by atoms with Crippen molar-refractivity contribution in [3.05, 3.63) is 30.3 Å². The Kier molecular flexibility index (Phi) is 12.5. The average molecular weight is 421 g/mol. The molecule has 0 aliphatic carbocycles. The van der Waals surface area contributed by atoms with Crippen molar-refractivity contribution in [3.63, 3.8) is 0 Å². The molecule has 0 bridgehead atoms. The molecule has 0 atom stereocenters. The molecule has 0 heterocycles. The Bertz CT molecular complexity index is 505. The van der Waals surface area contributed by atoms with Gasteiger partial charge in [-0.1, -0.05) is 0 Å². The first-order valence-electron chi connectivity index (χ1n) is 8.87. The molecule has 1 N–H and O–H groups in total. The second-order valence-electron chi connectivity index (χ2n) is 5.95. The molecule has 1 rings (SSSR count). The van der Waals surface area contributed by atoms with Gasteiger partial charge in [0.05, 0.1) is 0 Å². The fourth-order valence-corrected chi connectivity index (χ4v) is 4.78. The van der Waals surface area contributed by atoms with E-state index >= 15 is 0 Å². The maximum absolute atomic E-state index is 10.3. The Hall–Kier alpha value is -0.391. The van der Waals surface area contributed by atoms with Gasteiger partial charge in [-0.15, -0.1) is 0 Å². The van der Waals surface area contributed by atoms with Crippen LogP contribution in [0.15, 0.2) is 30.3 Å². The van der Waals surface area contributed by atoms with E-state index in [9.17, 15) is 8.42 Å². The molecule has 138 valence electrons. The van der Waals surface area contributed by atoms with Gasteiger partial charge in [-0.05, 0) is 0 Å². The molecule has 0 aliphatic heterocycles. The van der Waals surface area contributed by atoms with Crippen LogP contribution in [0.1, 0.15) is 64.2 Å². The molecule has 0 saturated heterocycles. The predicted octanol–water partition coefficient (Wildman–Crippen LogP) is 4.15. The second kappa shape index (κ2) is 13.9. The zero-order valence-corrected chi connectivity index (χ0v) is 16.9. The minimum absolute atomic E-state index is 0.0866. The fraction of sp³-hybridized carbons (Fsp3) is 0.667. The van der Waals surface area contributed by atoms with E-state index in [0.29, 0.717) is 21.4 Å². The van der Waals surface area contributed by atoms with Crippen LogP contribution in [0.25, 0.3) is 0 Å². The zero-order valence-electron chi connectivity index (χ0n) is 14.4. The van der Waals surface area contributed by atoms with Gasteiger partial charge in [0.2, 0.25) is 0 Å². The van der Waals surface area contributed by atoms with Crippen LogP contribution in [0.3, 0.4) is 0 Å². The van der Waals surface area contributed by atoms with E-state index in [0.717, 1.165) is 12.8 Å². The molecular weight excluding hydrogens is 391 g/mol. The van der Waals surface area contributed by atoms with Gasteiger partial charge in [0.25, 0.3) is 0 Å². The molecule has 1 aromatic carbocycles. The van der Waals surface area contributed by atoms with Gasteiger partial charge in [-0.2, -0.15) is 8.42 Å². The summed E-state index contributed by atoms with van der Waals surface area (Å²) in [6, 6.07) is 10.8. The predicted molar refractivity (Wildman–Crippen MR) is 100 cm³/mol. The summed E-state index contributed by atoms with van der Waals surface area (Å²) in [4.78, 5) is 0. The maximum atomic E-state index is 10.3. The summed E-state index contributed by atoms with van der Waals surface area (Å²) in [5.74, 6) is 0. The molecular formula is C18H30O4SSe. The van der Waals surface area contributed by atoms with E-state index < -0.39 is 10.4 Å². The SMILES string of the molecule is O=S(=O)(O)OCCCCCCCCCCCC[Se]c1ccccc1. The Balaban J connectivity index is 1.76. The van der Waals surface area contributed by atoms with Crippen LogP contribution in [0.2, 0.25) is 5.32 Å². The molecule has 0 spiro atoms. The van der Waals surface area contributed by atoms with Gasteiger partial charge in [-0.3, -0.25) is 4.55 Å². The monoisotopic (exact) mass is 422 g/mol. The molecule has 24 heavy (non-hydrogen) atoms. The molecule has 0 radical (unpaired) electrons. The first kappa shape index (κ1) is 21.7. The molecule has 6 heteroatoms. The van der Waals surface area contributed by atoms with Gasteiger partial charge < -0.3 is 0 Å². The summed E-state index contributed by atoms with van der Waals surface area (Å²) in [7, 11) is -4.25. The summed E-state index contributed by atoms with van der Waals surface area (Å²) >= 11 is 0.639. The average Bonchev–Trinajstić information content (AvgIpc) is 2.55. The zero-order chi connectivity index (χ0) is 17.5. The van der Waals surface area contributed by atoms with Crippen LogP contribution in [0.4, 0.5) is 0 Å². The van der Waals surface area contributed by atoms with Crippen molar-refractivity contribution in [2.24, 2.45) is 0 Å². The summed E-state index contributed by atoms with van der Waals surface area (Å²) in [6.07, 6.45) is 11.9. The Morgan fingerprint density at radius 1 is 0.792 bits per heavy atom. The molecule has 0 unspecified atom stereocenters. The molecule has 0 aromatic heterocycles. The van der Waals surface area contributed by atoms with Crippen LogP contribution >= 0.6 is 0 Å². The van der Waals surface area contributed by atoms with Gasteiger partial charge >= 0.3 is 136 Å². The van der Waals surface area contributed by atoms with E-state index in [1.807, 2.05) is 0 Å². The minimum atomic E-state index is -4.25. The number of hydrogen-bond acceptors (Lipinski definition) is 3. The number of hydrogen-bond donors (Lipinski definition) is 1. The summed E-state index contributed by atoms with van der Waals surface area (Å²) < 4.78 is 34.9. The molecule has 4 nitrogen and oxygen atoms in total. The molecule has 0 saturated carbocycles. The van der Waals surface area contributed by atoms with Gasteiger partial charge in [0.15, 0.2) is 0 Å². The number of rotatable bonds is 15. The standard InChI is InChI=1S/C18H30O4SSe/c19-23(20,21)22-16-12-7-5-3-1-2-4-6-8-13-17-24-18-14-10-9-11-15-18/h9-11,14-15H,1-8,12-13,16-17H2,(H,19,20,21). The van der Waals surface area contributed by atoms with Crippen molar-refractivity contribution < 1.29 is 17.2 Å². The van der Waals surface area contributed by atoms with Crippen molar-refractivity contribution in [3.8, 4) is 0 Å². The van der Waals surface area contributed by atoms with Crippen molar-refractivity contribution in [1.82, 2.24) is 0 Å². The van der Waals surface area contributed by atoms with E-state index in [4.69, 9.17) is 4.55 Å².